The van der Waals surface area contributed by atoms with Crippen LogP contribution in [0.15, 0.2) is 46.9 Å². The third-order valence-corrected chi connectivity index (χ3v) is 5.16. The van der Waals surface area contributed by atoms with Crippen LogP contribution in [0.2, 0.25) is 13.1 Å². The van der Waals surface area contributed by atoms with Gasteiger partial charge in [-0.2, -0.15) is 0 Å². The molecule has 1 nitrogen and oxygen atoms in total. The van der Waals surface area contributed by atoms with Crippen molar-refractivity contribution in [3.8, 4) is 0 Å². The lowest BCUT2D eigenvalue weighted by Gasteiger charge is -2.25. The second kappa shape index (κ2) is 7.33. The highest BCUT2D eigenvalue weighted by atomic mass is 79.9. The molecule has 2 rings (SSSR count). The van der Waals surface area contributed by atoms with Crippen molar-refractivity contribution in [2.75, 3.05) is 0 Å². The van der Waals surface area contributed by atoms with Crippen molar-refractivity contribution in [3.63, 3.8) is 0 Å². The van der Waals surface area contributed by atoms with Crippen molar-refractivity contribution < 1.29 is 4.43 Å². The third-order valence-electron chi connectivity index (χ3n) is 3.96. The van der Waals surface area contributed by atoms with Gasteiger partial charge in [-0.05, 0) is 59.8 Å². The van der Waals surface area contributed by atoms with E-state index in [1.165, 1.54) is 22.3 Å². The van der Waals surface area contributed by atoms with Crippen LogP contribution in [0.4, 0.5) is 0 Å². The normalized spacial score (nSPS) is 13.4. The summed E-state index contributed by atoms with van der Waals surface area (Å²) in [4.78, 5) is 0. The lowest BCUT2D eigenvalue weighted by molar-refractivity contribution is 0.251. The Morgan fingerprint density at radius 3 is 2.13 bits per heavy atom. The standard InChI is InChI=1S/C20H26BrOSi/c1-14-7-12-17(21)13-18(14)19(22-23(5)6)15-8-10-16(11-9-15)20(2,3)4/h7-13,19H,1-6H3. The molecule has 0 spiro atoms. The summed E-state index contributed by atoms with van der Waals surface area (Å²) in [6.45, 7) is 13.3. The highest BCUT2D eigenvalue weighted by molar-refractivity contribution is 9.10. The van der Waals surface area contributed by atoms with E-state index in [1.54, 1.807) is 0 Å². The van der Waals surface area contributed by atoms with Crippen LogP contribution in [0.25, 0.3) is 0 Å². The first-order chi connectivity index (χ1) is 10.7. The number of hydrogen-bond donors (Lipinski definition) is 0. The Morgan fingerprint density at radius 2 is 1.61 bits per heavy atom. The molecule has 0 bridgehead atoms. The Balaban J connectivity index is 2.45. The van der Waals surface area contributed by atoms with Crippen LogP contribution in [0.3, 0.4) is 0 Å². The van der Waals surface area contributed by atoms with Crippen molar-refractivity contribution in [3.05, 3.63) is 69.2 Å². The summed E-state index contributed by atoms with van der Waals surface area (Å²) in [6, 6.07) is 15.3. The summed E-state index contributed by atoms with van der Waals surface area (Å²) in [5.74, 6) is 0. The molecular formula is C20H26BrOSi. The van der Waals surface area contributed by atoms with Gasteiger partial charge in [0.2, 0.25) is 9.04 Å². The zero-order valence-electron chi connectivity index (χ0n) is 14.9. The van der Waals surface area contributed by atoms with Gasteiger partial charge in [0.05, 0.1) is 6.10 Å². The van der Waals surface area contributed by atoms with Crippen LogP contribution in [-0.4, -0.2) is 9.04 Å². The van der Waals surface area contributed by atoms with Crippen LogP contribution in [0.5, 0.6) is 0 Å². The molecule has 2 aromatic carbocycles. The fourth-order valence-corrected chi connectivity index (χ4v) is 3.71. The summed E-state index contributed by atoms with van der Waals surface area (Å²) >= 11 is 3.59. The van der Waals surface area contributed by atoms with Gasteiger partial charge in [0.25, 0.3) is 0 Å². The van der Waals surface area contributed by atoms with Gasteiger partial charge in [-0.3, -0.25) is 0 Å². The van der Waals surface area contributed by atoms with Crippen molar-refractivity contribution in [2.45, 2.75) is 52.3 Å². The molecule has 1 atom stereocenters. The molecule has 0 aliphatic heterocycles. The Hall–Kier alpha value is -0.903. The summed E-state index contributed by atoms with van der Waals surface area (Å²) in [7, 11) is -0.810. The molecular weight excluding hydrogens is 364 g/mol. The van der Waals surface area contributed by atoms with E-state index < -0.39 is 9.04 Å². The van der Waals surface area contributed by atoms with Crippen molar-refractivity contribution in [1.82, 2.24) is 0 Å². The molecule has 0 aliphatic carbocycles. The minimum Gasteiger partial charge on any atom is -0.406 e. The van der Waals surface area contributed by atoms with Gasteiger partial charge in [-0.25, -0.2) is 0 Å². The summed E-state index contributed by atoms with van der Waals surface area (Å²) in [6.07, 6.45) is 0.00501. The van der Waals surface area contributed by atoms with Gasteiger partial charge in [0, 0.05) is 4.47 Å². The molecule has 3 heteroatoms. The molecule has 1 unspecified atom stereocenters. The lowest BCUT2D eigenvalue weighted by Crippen LogP contribution is -2.17. The van der Waals surface area contributed by atoms with Crippen LogP contribution in [0.1, 0.15) is 49.1 Å². The second-order valence-electron chi connectivity index (χ2n) is 7.28. The maximum atomic E-state index is 6.36. The molecule has 23 heavy (non-hydrogen) atoms. The largest absolute Gasteiger partial charge is 0.406 e. The fraction of sp³-hybridized carbons (Fsp3) is 0.400. The number of rotatable bonds is 4. The van der Waals surface area contributed by atoms with E-state index in [4.69, 9.17) is 4.43 Å². The number of aryl methyl sites for hydroxylation is 1. The monoisotopic (exact) mass is 389 g/mol. The Labute approximate surface area is 150 Å². The van der Waals surface area contributed by atoms with E-state index in [0.29, 0.717) is 0 Å². The van der Waals surface area contributed by atoms with Gasteiger partial charge >= 0.3 is 0 Å². The maximum Gasteiger partial charge on any atom is 0.206 e. The third kappa shape index (κ3) is 4.79. The first-order valence-corrected chi connectivity index (χ1v) is 11.2. The van der Waals surface area contributed by atoms with E-state index in [9.17, 15) is 0 Å². The quantitative estimate of drug-likeness (QED) is 0.548. The van der Waals surface area contributed by atoms with Crippen molar-refractivity contribution in [1.29, 1.82) is 0 Å². The molecule has 0 aliphatic rings. The smallest absolute Gasteiger partial charge is 0.206 e. The fourth-order valence-electron chi connectivity index (χ4n) is 2.60. The first kappa shape index (κ1) is 18.4. The topological polar surface area (TPSA) is 9.23 Å². The maximum absolute atomic E-state index is 6.36. The molecule has 0 saturated carbocycles. The zero-order chi connectivity index (χ0) is 17.2. The average Bonchev–Trinajstić information content (AvgIpc) is 2.46. The number of halogens is 1. The van der Waals surface area contributed by atoms with Crippen LogP contribution < -0.4 is 0 Å². The minimum atomic E-state index is -0.810. The Kier molecular flexibility index (Phi) is 5.87. The molecule has 0 heterocycles. The Morgan fingerprint density at radius 1 is 1.00 bits per heavy atom. The highest BCUT2D eigenvalue weighted by Gasteiger charge is 2.20. The predicted molar refractivity (Wildman–Crippen MR) is 104 cm³/mol. The van der Waals surface area contributed by atoms with E-state index in [1.807, 2.05) is 0 Å². The molecule has 1 radical (unpaired) electrons. The zero-order valence-corrected chi connectivity index (χ0v) is 17.5. The van der Waals surface area contributed by atoms with E-state index in [0.717, 1.165) is 4.47 Å². The summed E-state index contributed by atoms with van der Waals surface area (Å²) < 4.78 is 7.46. The van der Waals surface area contributed by atoms with Gasteiger partial charge in [0.15, 0.2) is 0 Å². The van der Waals surface area contributed by atoms with Crippen molar-refractivity contribution in [2.24, 2.45) is 0 Å². The minimum absolute atomic E-state index is 0.00501. The molecule has 0 aromatic heterocycles. The molecule has 0 saturated heterocycles. The highest BCUT2D eigenvalue weighted by Crippen LogP contribution is 2.32. The molecule has 0 fully saturated rings. The van der Waals surface area contributed by atoms with Crippen LogP contribution in [0, 0.1) is 6.92 Å². The van der Waals surface area contributed by atoms with E-state index >= 15 is 0 Å². The summed E-state index contributed by atoms with van der Waals surface area (Å²) in [5.41, 5.74) is 5.26. The van der Waals surface area contributed by atoms with E-state index in [2.05, 4.69) is 99.2 Å². The number of benzene rings is 2. The first-order valence-electron chi connectivity index (χ1n) is 8.02. The second-order valence-corrected chi connectivity index (χ2v) is 10.2. The number of hydrogen-bond acceptors (Lipinski definition) is 1. The van der Waals surface area contributed by atoms with E-state index in [-0.39, 0.29) is 11.5 Å². The Bertz CT molecular complexity index is 656. The lowest BCUT2D eigenvalue weighted by atomic mass is 9.86. The van der Waals surface area contributed by atoms with Gasteiger partial charge in [-0.1, -0.05) is 67.0 Å². The van der Waals surface area contributed by atoms with Crippen molar-refractivity contribution >= 4 is 25.0 Å². The van der Waals surface area contributed by atoms with Gasteiger partial charge in [-0.15, -0.1) is 0 Å². The SMILES string of the molecule is Cc1ccc(Br)cc1C(O[Si](C)C)c1ccc(C(C)(C)C)cc1. The summed E-state index contributed by atoms with van der Waals surface area (Å²) in [5, 5.41) is 0. The molecule has 123 valence electrons. The average molecular weight is 390 g/mol. The molecule has 0 amide bonds. The predicted octanol–water partition coefficient (Wildman–Crippen LogP) is 6.41. The van der Waals surface area contributed by atoms with Crippen LogP contribution >= 0.6 is 15.9 Å². The molecule has 0 N–H and O–H groups in total. The van der Waals surface area contributed by atoms with Gasteiger partial charge in [0.1, 0.15) is 0 Å². The molecule has 2 aromatic rings. The van der Waals surface area contributed by atoms with Gasteiger partial charge < -0.3 is 4.43 Å². The van der Waals surface area contributed by atoms with Crippen LogP contribution in [-0.2, 0) is 9.84 Å².